The molecule has 1 amide bonds. The summed E-state index contributed by atoms with van der Waals surface area (Å²) in [7, 11) is 0. The van der Waals surface area contributed by atoms with E-state index in [0.29, 0.717) is 11.8 Å². The first-order valence-electron chi connectivity index (χ1n) is 4.67. The van der Waals surface area contributed by atoms with Gasteiger partial charge in [0.15, 0.2) is 0 Å². The van der Waals surface area contributed by atoms with E-state index < -0.39 is 47.4 Å². The summed E-state index contributed by atoms with van der Waals surface area (Å²) in [6.07, 6.45) is -4.35. The Labute approximate surface area is 94.7 Å². The van der Waals surface area contributed by atoms with E-state index in [1.54, 1.807) is 0 Å². The Kier molecular flexibility index (Phi) is 2.93. The molecule has 0 saturated carbocycles. The van der Waals surface area contributed by atoms with Crippen molar-refractivity contribution in [3.8, 4) is 0 Å². The van der Waals surface area contributed by atoms with Gasteiger partial charge in [0.25, 0.3) is 5.12 Å². The van der Waals surface area contributed by atoms with Gasteiger partial charge in [-0.3, -0.25) is 9.59 Å². The number of hydrogen-bond acceptors (Lipinski definition) is 7. The van der Waals surface area contributed by atoms with Crippen LogP contribution in [0.1, 0.15) is 0 Å². The number of aliphatic hydroxyl groups is 4. The standard InChI is InChI=1S/C8H11NO6S/c10-1-2-3(11)4(12)5(13)7-9(2)6(14)8(15)16-7/h2-5,7,10-13H,1H2/t2-,3-,4+,5+,7+/m1/s1. The minimum atomic E-state index is -1.48. The Bertz CT molecular complexity index is 336. The number of carbonyl (C=O) groups is 2. The van der Waals surface area contributed by atoms with Gasteiger partial charge < -0.3 is 25.3 Å². The molecule has 0 aromatic heterocycles. The third-order valence-electron chi connectivity index (χ3n) is 2.84. The van der Waals surface area contributed by atoms with E-state index in [9.17, 15) is 24.9 Å². The maximum absolute atomic E-state index is 11.4. The van der Waals surface area contributed by atoms with Crippen LogP contribution in [0.5, 0.6) is 0 Å². The van der Waals surface area contributed by atoms with Gasteiger partial charge in [-0.1, -0.05) is 0 Å². The van der Waals surface area contributed by atoms with E-state index in [0.717, 1.165) is 4.90 Å². The van der Waals surface area contributed by atoms with E-state index in [2.05, 4.69) is 0 Å². The third-order valence-corrected chi connectivity index (χ3v) is 3.98. The molecule has 0 aromatic carbocycles. The second kappa shape index (κ2) is 3.97. The highest BCUT2D eigenvalue weighted by Gasteiger charge is 2.55. The van der Waals surface area contributed by atoms with Crippen molar-refractivity contribution in [2.45, 2.75) is 29.7 Å². The predicted molar refractivity (Wildman–Crippen MR) is 52.1 cm³/mol. The topological polar surface area (TPSA) is 118 Å². The first-order chi connectivity index (χ1) is 7.49. The van der Waals surface area contributed by atoms with E-state index >= 15 is 0 Å². The number of fused-ring (bicyclic) bond motifs is 1. The van der Waals surface area contributed by atoms with Crippen LogP contribution in [0, 0.1) is 0 Å². The van der Waals surface area contributed by atoms with Gasteiger partial charge in [0.05, 0.1) is 12.6 Å². The van der Waals surface area contributed by atoms with Gasteiger partial charge in [0.1, 0.15) is 23.7 Å². The van der Waals surface area contributed by atoms with Crippen LogP contribution in [0.15, 0.2) is 0 Å². The number of aliphatic hydroxyl groups excluding tert-OH is 4. The molecule has 4 N–H and O–H groups in total. The second-order valence-electron chi connectivity index (χ2n) is 3.73. The lowest BCUT2D eigenvalue weighted by Crippen LogP contribution is -2.65. The zero-order chi connectivity index (χ0) is 12.0. The van der Waals surface area contributed by atoms with Crippen LogP contribution in [0.4, 0.5) is 0 Å². The quantitative estimate of drug-likeness (QED) is 0.363. The molecule has 0 aliphatic carbocycles. The first-order valence-corrected chi connectivity index (χ1v) is 5.55. The highest BCUT2D eigenvalue weighted by Crippen LogP contribution is 2.37. The van der Waals surface area contributed by atoms with Crippen molar-refractivity contribution in [3.05, 3.63) is 0 Å². The van der Waals surface area contributed by atoms with Crippen molar-refractivity contribution in [2.75, 3.05) is 6.61 Å². The van der Waals surface area contributed by atoms with Crippen LogP contribution in [-0.4, -0.2) is 72.7 Å². The summed E-state index contributed by atoms with van der Waals surface area (Å²) in [6, 6.07) is -1.06. The fraction of sp³-hybridized carbons (Fsp3) is 0.750. The summed E-state index contributed by atoms with van der Waals surface area (Å²) in [4.78, 5) is 23.6. The molecular formula is C8H11NO6S. The van der Waals surface area contributed by atoms with Gasteiger partial charge in [0.2, 0.25) is 0 Å². The Morgan fingerprint density at radius 2 is 1.75 bits per heavy atom. The summed E-state index contributed by atoms with van der Waals surface area (Å²) in [5.41, 5.74) is 0. The van der Waals surface area contributed by atoms with Gasteiger partial charge in [-0.15, -0.1) is 0 Å². The Balaban J connectivity index is 2.35. The number of amides is 1. The molecule has 0 bridgehead atoms. The van der Waals surface area contributed by atoms with E-state index in [4.69, 9.17) is 5.11 Å². The van der Waals surface area contributed by atoms with Crippen molar-refractivity contribution < 1.29 is 30.0 Å². The van der Waals surface area contributed by atoms with Crippen LogP contribution in [-0.2, 0) is 9.59 Å². The molecule has 2 saturated heterocycles. The zero-order valence-corrected chi connectivity index (χ0v) is 8.87. The largest absolute Gasteiger partial charge is 0.394 e. The summed E-state index contributed by atoms with van der Waals surface area (Å²) < 4.78 is 0. The average molecular weight is 249 g/mol. The summed E-state index contributed by atoms with van der Waals surface area (Å²) in [5, 5.41) is 36.0. The molecule has 0 unspecified atom stereocenters. The number of hydrogen-bond donors (Lipinski definition) is 4. The number of rotatable bonds is 1. The molecule has 90 valence electrons. The highest BCUT2D eigenvalue weighted by atomic mass is 32.2. The van der Waals surface area contributed by atoms with Crippen molar-refractivity contribution in [2.24, 2.45) is 0 Å². The molecule has 2 rings (SSSR count). The Morgan fingerprint density at radius 1 is 1.12 bits per heavy atom. The summed E-state index contributed by atoms with van der Waals surface area (Å²) >= 11 is 0.596. The normalized spacial score (nSPS) is 43.8. The predicted octanol–water partition coefficient (Wildman–Crippen LogP) is -3.13. The zero-order valence-electron chi connectivity index (χ0n) is 8.05. The van der Waals surface area contributed by atoms with Crippen LogP contribution in [0.25, 0.3) is 0 Å². The molecular weight excluding hydrogens is 238 g/mol. The van der Waals surface area contributed by atoms with Crippen LogP contribution >= 0.6 is 11.8 Å². The number of piperidine rings is 1. The van der Waals surface area contributed by atoms with Gasteiger partial charge in [-0.25, -0.2) is 0 Å². The molecule has 8 heteroatoms. The third kappa shape index (κ3) is 1.45. The van der Waals surface area contributed by atoms with Crippen LogP contribution in [0.2, 0.25) is 0 Å². The molecule has 5 atom stereocenters. The number of nitrogens with zero attached hydrogens (tertiary/aromatic N) is 1. The molecule has 0 aromatic rings. The van der Waals surface area contributed by atoms with Crippen molar-refractivity contribution >= 4 is 22.8 Å². The molecule has 7 nitrogen and oxygen atoms in total. The van der Waals surface area contributed by atoms with Gasteiger partial charge in [-0.2, -0.15) is 0 Å². The lowest BCUT2D eigenvalue weighted by Gasteiger charge is -2.44. The molecule has 2 fully saturated rings. The lowest BCUT2D eigenvalue weighted by molar-refractivity contribution is -0.168. The fourth-order valence-electron chi connectivity index (χ4n) is 1.97. The highest BCUT2D eigenvalue weighted by molar-refractivity contribution is 8.16. The van der Waals surface area contributed by atoms with Crippen molar-refractivity contribution in [1.82, 2.24) is 4.90 Å². The molecule has 16 heavy (non-hydrogen) atoms. The van der Waals surface area contributed by atoms with Crippen molar-refractivity contribution in [3.63, 3.8) is 0 Å². The minimum absolute atomic E-state index is 0.582. The van der Waals surface area contributed by atoms with Gasteiger partial charge in [0, 0.05) is 0 Å². The minimum Gasteiger partial charge on any atom is -0.394 e. The SMILES string of the molecule is O=C1S[C@H]2[C@@H](O)[C@@H](O)[C@H](O)[C@@H](CO)N2C1=O. The van der Waals surface area contributed by atoms with E-state index in [1.165, 1.54) is 0 Å². The Morgan fingerprint density at radius 3 is 2.31 bits per heavy atom. The molecule has 0 spiro atoms. The van der Waals surface area contributed by atoms with E-state index in [1.807, 2.05) is 0 Å². The Hall–Kier alpha value is -0.670. The van der Waals surface area contributed by atoms with E-state index in [-0.39, 0.29) is 0 Å². The summed E-state index contributed by atoms with van der Waals surface area (Å²) in [5.74, 6) is -0.862. The smallest absolute Gasteiger partial charge is 0.302 e. The first kappa shape index (κ1) is 11.8. The van der Waals surface area contributed by atoms with Crippen LogP contribution < -0.4 is 0 Å². The number of carbonyl (C=O) groups excluding carboxylic acids is 2. The number of thioether (sulfide) groups is 1. The maximum Gasteiger partial charge on any atom is 0.302 e. The molecule has 2 heterocycles. The van der Waals surface area contributed by atoms with Crippen LogP contribution in [0.3, 0.4) is 0 Å². The van der Waals surface area contributed by atoms with Crippen molar-refractivity contribution in [1.29, 1.82) is 0 Å². The molecule has 0 radical (unpaired) electrons. The summed E-state index contributed by atoms with van der Waals surface area (Å²) in [6.45, 7) is -0.582. The monoisotopic (exact) mass is 249 g/mol. The second-order valence-corrected chi connectivity index (χ2v) is 4.82. The fourth-order valence-corrected chi connectivity index (χ4v) is 3.06. The maximum atomic E-state index is 11.4. The van der Waals surface area contributed by atoms with Gasteiger partial charge >= 0.3 is 5.91 Å². The van der Waals surface area contributed by atoms with Gasteiger partial charge in [-0.05, 0) is 11.8 Å². The molecule has 2 aliphatic rings. The molecule has 2 aliphatic heterocycles. The lowest BCUT2D eigenvalue weighted by atomic mass is 9.94. The average Bonchev–Trinajstić information content (AvgIpc) is 2.55.